The molecule has 4 nitrogen and oxygen atoms in total. The average Bonchev–Trinajstić information content (AvgIpc) is 2.90. The van der Waals surface area contributed by atoms with E-state index in [1.54, 1.807) is 12.1 Å². The Morgan fingerprint density at radius 3 is 2.48 bits per heavy atom. The van der Waals surface area contributed by atoms with Crippen LogP contribution in [0.4, 0.5) is 0 Å². The van der Waals surface area contributed by atoms with Crippen LogP contribution in [0.3, 0.4) is 0 Å². The molecule has 0 spiro atoms. The van der Waals surface area contributed by atoms with E-state index in [0.717, 1.165) is 9.35 Å². The molecular weight excluding hydrogens is 354 g/mol. The number of carboxylic acids is 1. The first kappa shape index (κ1) is 15.7. The van der Waals surface area contributed by atoms with E-state index < -0.39 is 12.0 Å². The van der Waals surface area contributed by atoms with Crippen LogP contribution < -0.4 is 5.32 Å². The lowest BCUT2D eigenvalue weighted by Gasteiger charge is -2.13. The average molecular weight is 368 g/mol. The molecule has 21 heavy (non-hydrogen) atoms. The summed E-state index contributed by atoms with van der Waals surface area (Å²) in [5, 5.41) is 11.8. The summed E-state index contributed by atoms with van der Waals surface area (Å²) in [7, 11) is 0. The molecule has 0 saturated heterocycles. The summed E-state index contributed by atoms with van der Waals surface area (Å²) < 4.78 is 0.837. The minimum Gasteiger partial charge on any atom is -0.480 e. The van der Waals surface area contributed by atoms with Crippen molar-refractivity contribution in [1.29, 1.82) is 0 Å². The summed E-state index contributed by atoms with van der Waals surface area (Å²) >= 11 is 4.55. The van der Waals surface area contributed by atoms with E-state index in [1.807, 2.05) is 30.3 Å². The van der Waals surface area contributed by atoms with Gasteiger partial charge in [-0.05, 0) is 46.5 Å². The van der Waals surface area contributed by atoms with Gasteiger partial charge in [-0.15, -0.1) is 11.3 Å². The standard InChI is InChI=1S/C15H14BrNO3S/c16-13-9-8-12(21-13)14(18)17-11(15(19)20)7-6-10-4-2-1-3-5-10/h1-5,8-9,11H,6-7H2,(H,17,18)(H,19,20). The number of carbonyl (C=O) groups is 2. The third-order valence-corrected chi connectivity index (χ3v) is 4.59. The van der Waals surface area contributed by atoms with E-state index in [9.17, 15) is 14.7 Å². The molecule has 2 aromatic rings. The lowest BCUT2D eigenvalue weighted by molar-refractivity contribution is -0.139. The molecule has 110 valence electrons. The van der Waals surface area contributed by atoms with Crippen molar-refractivity contribution in [3.8, 4) is 0 Å². The van der Waals surface area contributed by atoms with Crippen LogP contribution in [-0.4, -0.2) is 23.0 Å². The zero-order chi connectivity index (χ0) is 15.2. The van der Waals surface area contributed by atoms with E-state index in [1.165, 1.54) is 11.3 Å². The molecule has 0 bridgehead atoms. The molecule has 1 aromatic carbocycles. The molecule has 2 N–H and O–H groups in total. The molecule has 1 atom stereocenters. The summed E-state index contributed by atoms with van der Waals surface area (Å²) in [4.78, 5) is 23.8. The fourth-order valence-electron chi connectivity index (χ4n) is 1.88. The summed E-state index contributed by atoms with van der Waals surface area (Å²) in [5.41, 5.74) is 1.05. The van der Waals surface area contributed by atoms with Gasteiger partial charge in [-0.1, -0.05) is 30.3 Å². The van der Waals surface area contributed by atoms with Crippen LogP contribution in [0.25, 0.3) is 0 Å². The Balaban J connectivity index is 1.96. The molecule has 0 radical (unpaired) electrons. The van der Waals surface area contributed by atoms with Crippen LogP contribution in [-0.2, 0) is 11.2 Å². The number of hydrogen-bond donors (Lipinski definition) is 2. The molecule has 0 aliphatic heterocycles. The van der Waals surface area contributed by atoms with Gasteiger partial charge >= 0.3 is 5.97 Å². The Labute approximate surface area is 134 Å². The van der Waals surface area contributed by atoms with Gasteiger partial charge in [0.1, 0.15) is 6.04 Å². The van der Waals surface area contributed by atoms with Crippen molar-refractivity contribution in [1.82, 2.24) is 5.32 Å². The molecule has 6 heteroatoms. The first-order valence-corrected chi connectivity index (χ1v) is 8.00. The van der Waals surface area contributed by atoms with Crippen molar-refractivity contribution in [2.24, 2.45) is 0 Å². The summed E-state index contributed by atoms with van der Waals surface area (Å²) in [6, 6.07) is 12.2. The number of carbonyl (C=O) groups excluding carboxylic acids is 1. The minimum atomic E-state index is -1.02. The van der Waals surface area contributed by atoms with Crippen molar-refractivity contribution in [3.63, 3.8) is 0 Å². The second-order valence-corrected chi connectivity index (χ2v) is 6.96. The fraction of sp³-hybridized carbons (Fsp3) is 0.200. The minimum absolute atomic E-state index is 0.355. The van der Waals surface area contributed by atoms with E-state index in [0.29, 0.717) is 17.7 Å². The number of thiophene rings is 1. The molecule has 1 amide bonds. The Kier molecular flexibility index (Phi) is 5.52. The number of rotatable bonds is 6. The SMILES string of the molecule is O=C(NC(CCc1ccccc1)C(=O)O)c1ccc(Br)s1. The first-order valence-electron chi connectivity index (χ1n) is 6.39. The Morgan fingerprint density at radius 2 is 1.90 bits per heavy atom. The van der Waals surface area contributed by atoms with Gasteiger partial charge in [-0.25, -0.2) is 4.79 Å². The van der Waals surface area contributed by atoms with Gasteiger partial charge in [-0.2, -0.15) is 0 Å². The van der Waals surface area contributed by atoms with Gasteiger partial charge in [0.15, 0.2) is 0 Å². The molecule has 1 unspecified atom stereocenters. The second kappa shape index (κ2) is 7.38. The molecule has 0 fully saturated rings. The molecule has 0 aliphatic carbocycles. The largest absolute Gasteiger partial charge is 0.480 e. The summed E-state index contributed by atoms with van der Waals surface area (Å²) in [6.45, 7) is 0. The zero-order valence-corrected chi connectivity index (χ0v) is 13.5. The van der Waals surface area contributed by atoms with Crippen LogP contribution >= 0.6 is 27.3 Å². The molecule has 0 aliphatic rings. The number of benzene rings is 1. The van der Waals surface area contributed by atoms with Gasteiger partial charge in [0.2, 0.25) is 0 Å². The molecule has 1 aromatic heterocycles. The quantitative estimate of drug-likeness (QED) is 0.822. The topological polar surface area (TPSA) is 66.4 Å². The number of amides is 1. The Bertz CT molecular complexity index is 627. The molecule has 2 rings (SSSR count). The Hall–Kier alpha value is -1.66. The number of aryl methyl sites for hydroxylation is 1. The highest BCUT2D eigenvalue weighted by Gasteiger charge is 2.21. The zero-order valence-electron chi connectivity index (χ0n) is 11.1. The third-order valence-electron chi connectivity index (χ3n) is 2.96. The van der Waals surface area contributed by atoms with Crippen molar-refractivity contribution in [3.05, 3.63) is 56.7 Å². The number of nitrogens with one attached hydrogen (secondary N) is 1. The van der Waals surface area contributed by atoms with Crippen LogP contribution in [0.2, 0.25) is 0 Å². The highest BCUT2D eigenvalue weighted by Crippen LogP contribution is 2.22. The maximum atomic E-state index is 12.0. The lowest BCUT2D eigenvalue weighted by atomic mass is 10.1. The van der Waals surface area contributed by atoms with Crippen LogP contribution in [0.5, 0.6) is 0 Å². The molecule has 1 heterocycles. The summed E-state index contributed by atoms with van der Waals surface area (Å²) in [5.74, 6) is -1.37. The molecule has 0 saturated carbocycles. The van der Waals surface area contributed by atoms with Gasteiger partial charge in [-0.3, -0.25) is 4.79 Å². The number of halogens is 1. The third kappa shape index (κ3) is 4.68. The summed E-state index contributed by atoms with van der Waals surface area (Å²) in [6.07, 6.45) is 0.962. The lowest BCUT2D eigenvalue weighted by Crippen LogP contribution is -2.40. The van der Waals surface area contributed by atoms with Crippen molar-refractivity contribution >= 4 is 39.1 Å². The van der Waals surface area contributed by atoms with Gasteiger partial charge in [0, 0.05) is 0 Å². The highest BCUT2D eigenvalue weighted by atomic mass is 79.9. The Morgan fingerprint density at radius 1 is 1.19 bits per heavy atom. The number of carboxylic acid groups (broad SMARTS) is 1. The van der Waals surface area contributed by atoms with Crippen molar-refractivity contribution in [2.45, 2.75) is 18.9 Å². The van der Waals surface area contributed by atoms with Crippen molar-refractivity contribution in [2.75, 3.05) is 0 Å². The smallest absolute Gasteiger partial charge is 0.326 e. The highest BCUT2D eigenvalue weighted by molar-refractivity contribution is 9.11. The van der Waals surface area contributed by atoms with E-state index in [2.05, 4.69) is 21.2 Å². The van der Waals surface area contributed by atoms with Gasteiger partial charge in [0.25, 0.3) is 5.91 Å². The van der Waals surface area contributed by atoms with Crippen molar-refractivity contribution < 1.29 is 14.7 Å². The van der Waals surface area contributed by atoms with E-state index >= 15 is 0 Å². The predicted molar refractivity (Wildman–Crippen MR) is 85.7 cm³/mol. The molecular formula is C15H14BrNO3S. The van der Waals surface area contributed by atoms with Crippen LogP contribution in [0.15, 0.2) is 46.3 Å². The number of hydrogen-bond acceptors (Lipinski definition) is 3. The van der Waals surface area contributed by atoms with Crippen LogP contribution in [0.1, 0.15) is 21.7 Å². The monoisotopic (exact) mass is 367 g/mol. The first-order chi connectivity index (χ1) is 10.1. The normalized spacial score (nSPS) is 11.9. The van der Waals surface area contributed by atoms with E-state index in [4.69, 9.17) is 0 Å². The van der Waals surface area contributed by atoms with E-state index in [-0.39, 0.29) is 5.91 Å². The predicted octanol–water partition coefficient (Wildman–Crippen LogP) is 3.33. The maximum absolute atomic E-state index is 12.0. The van der Waals surface area contributed by atoms with Crippen LogP contribution in [0, 0.1) is 0 Å². The second-order valence-electron chi connectivity index (χ2n) is 4.49. The maximum Gasteiger partial charge on any atom is 0.326 e. The van der Waals surface area contributed by atoms with Gasteiger partial charge < -0.3 is 10.4 Å². The van der Waals surface area contributed by atoms with Gasteiger partial charge in [0.05, 0.1) is 8.66 Å². The fourth-order valence-corrected chi connectivity index (χ4v) is 3.17. The number of aliphatic carboxylic acids is 1.